The number of benzene rings is 1. The largest absolute Gasteiger partial charge is 0.378 e. The van der Waals surface area contributed by atoms with Crippen LogP contribution in [0.15, 0.2) is 24.4 Å². The van der Waals surface area contributed by atoms with Crippen molar-refractivity contribution in [2.45, 2.75) is 0 Å². The summed E-state index contributed by atoms with van der Waals surface area (Å²) in [4.78, 5) is 6.13. The number of morpholine rings is 1. The molecule has 0 saturated carbocycles. The van der Waals surface area contributed by atoms with E-state index in [-0.39, 0.29) is 11.5 Å². The van der Waals surface area contributed by atoms with Crippen LogP contribution in [-0.2, 0) is 4.74 Å². The first-order chi connectivity index (χ1) is 10.2. The lowest BCUT2D eigenvalue weighted by atomic mass is 10.3. The van der Waals surface area contributed by atoms with Gasteiger partial charge in [0.05, 0.1) is 19.4 Å². The van der Waals surface area contributed by atoms with E-state index in [0.717, 1.165) is 0 Å². The quantitative estimate of drug-likeness (QED) is 0.930. The Balaban J connectivity index is 1.83. The molecule has 1 aliphatic rings. The fourth-order valence-corrected chi connectivity index (χ4v) is 2.00. The molecule has 2 aromatic rings. The monoisotopic (exact) mass is 293 g/mol. The number of anilines is 3. The number of hydrogen-bond donors (Lipinski definition) is 1. The number of nitrogens with zero attached hydrogens (tertiary/aromatic N) is 4. The Labute approximate surface area is 119 Å². The number of hydrogen-bond acceptors (Lipinski definition) is 6. The van der Waals surface area contributed by atoms with Gasteiger partial charge in [-0.05, 0) is 12.1 Å². The number of nitrogens with one attached hydrogen (secondary N) is 1. The minimum atomic E-state index is -0.693. The summed E-state index contributed by atoms with van der Waals surface area (Å²) in [5.74, 6) is -0.751. The van der Waals surface area contributed by atoms with E-state index in [1.54, 1.807) is 0 Å². The van der Waals surface area contributed by atoms with Crippen LogP contribution in [0.5, 0.6) is 0 Å². The molecule has 0 amide bonds. The smallest absolute Gasteiger partial charge is 0.247 e. The van der Waals surface area contributed by atoms with Crippen LogP contribution in [0, 0.1) is 11.6 Å². The molecule has 6 nitrogen and oxygen atoms in total. The molecule has 1 saturated heterocycles. The molecule has 1 fully saturated rings. The summed E-state index contributed by atoms with van der Waals surface area (Å²) in [7, 11) is 0. The van der Waals surface area contributed by atoms with Crippen molar-refractivity contribution >= 4 is 17.5 Å². The van der Waals surface area contributed by atoms with Crippen molar-refractivity contribution in [3.8, 4) is 0 Å². The van der Waals surface area contributed by atoms with Crippen LogP contribution in [0.2, 0.25) is 0 Å². The Kier molecular flexibility index (Phi) is 3.87. The minimum absolute atomic E-state index is 0.232. The summed E-state index contributed by atoms with van der Waals surface area (Å²) in [6.07, 6.45) is 1.32. The van der Waals surface area contributed by atoms with Gasteiger partial charge in [0, 0.05) is 13.1 Å². The van der Waals surface area contributed by atoms with Gasteiger partial charge in [0.25, 0.3) is 0 Å². The average Bonchev–Trinajstić information content (AvgIpc) is 2.52. The molecule has 0 aliphatic carbocycles. The fourth-order valence-electron chi connectivity index (χ4n) is 2.00. The molecular weight excluding hydrogens is 280 g/mol. The Bertz CT molecular complexity index is 613. The van der Waals surface area contributed by atoms with Gasteiger partial charge in [-0.2, -0.15) is 10.1 Å². The van der Waals surface area contributed by atoms with Crippen molar-refractivity contribution in [1.82, 2.24) is 15.2 Å². The highest BCUT2D eigenvalue weighted by Gasteiger charge is 2.15. The van der Waals surface area contributed by atoms with Gasteiger partial charge in [-0.25, -0.2) is 8.78 Å². The van der Waals surface area contributed by atoms with Gasteiger partial charge in [0.15, 0.2) is 5.82 Å². The molecular formula is C13H13F2N5O. The first kappa shape index (κ1) is 13.6. The Hall–Kier alpha value is -2.35. The Morgan fingerprint density at radius 2 is 1.86 bits per heavy atom. The highest BCUT2D eigenvalue weighted by atomic mass is 19.1. The van der Waals surface area contributed by atoms with Gasteiger partial charge >= 0.3 is 0 Å². The molecule has 0 radical (unpaired) electrons. The van der Waals surface area contributed by atoms with Gasteiger partial charge in [0.2, 0.25) is 5.95 Å². The summed E-state index contributed by atoms with van der Waals surface area (Å²) in [5, 5.41) is 10.3. The highest BCUT2D eigenvalue weighted by Crippen LogP contribution is 2.22. The average molecular weight is 293 g/mol. The van der Waals surface area contributed by atoms with Gasteiger partial charge in [-0.1, -0.05) is 6.07 Å². The molecule has 1 N–H and O–H groups in total. The van der Waals surface area contributed by atoms with Crippen LogP contribution in [-0.4, -0.2) is 41.5 Å². The predicted molar refractivity (Wildman–Crippen MR) is 72.5 cm³/mol. The molecule has 1 aliphatic heterocycles. The number of halogens is 2. The normalized spacial score (nSPS) is 15.0. The molecule has 1 aromatic carbocycles. The van der Waals surface area contributed by atoms with Crippen molar-refractivity contribution in [3.63, 3.8) is 0 Å². The molecule has 0 bridgehead atoms. The molecule has 110 valence electrons. The van der Waals surface area contributed by atoms with Crippen molar-refractivity contribution in [3.05, 3.63) is 36.0 Å². The third-order valence-corrected chi connectivity index (χ3v) is 3.06. The topological polar surface area (TPSA) is 63.2 Å². The summed E-state index contributed by atoms with van der Waals surface area (Å²) in [6.45, 7) is 2.48. The van der Waals surface area contributed by atoms with E-state index in [2.05, 4.69) is 20.5 Å². The van der Waals surface area contributed by atoms with Crippen LogP contribution in [0.25, 0.3) is 0 Å². The molecule has 0 spiro atoms. The van der Waals surface area contributed by atoms with Gasteiger partial charge in [0.1, 0.15) is 17.3 Å². The lowest BCUT2D eigenvalue weighted by molar-refractivity contribution is 0.122. The number of aromatic nitrogens is 3. The van der Waals surface area contributed by atoms with E-state index < -0.39 is 11.6 Å². The summed E-state index contributed by atoms with van der Waals surface area (Å²) in [5.41, 5.74) is -0.258. The molecule has 2 heterocycles. The Morgan fingerprint density at radius 3 is 2.57 bits per heavy atom. The zero-order valence-corrected chi connectivity index (χ0v) is 11.1. The maximum Gasteiger partial charge on any atom is 0.247 e. The summed E-state index contributed by atoms with van der Waals surface area (Å²) < 4.78 is 32.4. The van der Waals surface area contributed by atoms with Gasteiger partial charge in [-0.15, -0.1) is 5.10 Å². The summed E-state index contributed by atoms with van der Waals surface area (Å²) >= 11 is 0. The van der Waals surface area contributed by atoms with Crippen molar-refractivity contribution in [2.75, 3.05) is 36.5 Å². The zero-order chi connectivity index (χ0) is 14.7. The van der Waals surface area contributed by atoms with Crippen LogP contribution >= 0.6 is 0 Å². The van der Waals surface area contributed by atoms with E-state index >= 15 is 0 Å². The summed E-state index contributed by atoms with van der Waals surface area (Å²) in [6, 6.07) is 3.64. The molecule has 3 rings (SSSR count). The Morgan fingerprint density at radius 1 is 1.14 bits per heavy atom. The molecule has 0 atom stereocenters. The molecule has 1 aromatic heterocycles. The van der Waals surface area contributed by atoms with Crippen LogP contribution in [0.3, 0.4) is 0 Å². The van der Waals surface area contributed by atoms with Crippen LogP contribution in [0.1, 0.15) is 0 Å². The second-order valence-corrected chi connectivity index (χ2v) is 4.46. The first-order valence-corrected chi connectivity index (χ1v) is 6.47. The third-order valence-electron chi connectivity index (χ3n) is 3.06. The molecule has 0 unspecified atom stereocenters. The van der Waals surface area contributed by atoms with E-state index in [1.807, 2.05) is 4.90 Å². The fraction of sp³-hybridized carbons (Fsp3) is 0.308. The van der Waals surface area contributed by atoms with Crippen molar-refractivity contribution < 1.29 is 13.5 Å². The third kappa shape index (κ3) is 3.05. The molecule has 21 heavy (non-hydrogen) atoms. The number of ether oxygens (including phenoxy) is 1. The first-order valence-electron chi connectivity index (χ1n) is 6.47. The second-order valence-electron chi connectivity index (χ2n) is 4.46. The van der Waals surface area contributed by atoms with E-state index in [4.69, 9.17) is 4.74 Å². The van der Waals surface area contributed by atoms with E-state index in [9.17, 15) is 8.78 Å². The maximum atomic E-state index is 13.6. The predicted octanol–water partition coefficient (Wildman–Crippen LogP) is 1.73. The van der Waals surface area contributed by atoms with Gasteiger partial charge < -0.3 is 15.0 Å². The second kappa shape index (κ2) is 5.96. The standard InChI is InChI=1S/C13H13F2N5O/c14-9-2-1-3-10(15)12(9)17-11-8-16-19-13(18-11)20-4-6-21-7-5-20/h1-3,8H,4-7H2,(H,17,18,19). The maximum absolute atomic E-state index is 13.6. The van der Waals surface area contributed by atoms with E-state index in [1.165, 1.54) is 24.4 Å². The van der Waals surface area contributed by atoms with Crippen molar-refractivity contribution in [1.29, 1.82) is 0 Å². The van der Waals surface area contributed by atoms with Gasteiger partial charge in [-0.3, -0.25) is 0 Å². The lowest BCUT2D eigenvalue weighted by Gasteiger charge is -2.26. The minimum Gasteiger partial charge on any atom is -0.378 e. The number of rotatable bonds is 3. The van der Waals surface area contributed by atoms with Crippen LogP contribution in [0.4, 0.5) is 26.2 Å². The number of para-hydroxylation sites is 1. The molecule has 8 heteroatoms. The van der Waals surface area contributed by atoms with E-state index in [0.29, 0.717) is 32.3 Å². The lowest BCUT2D eigenvalue weighted by Crippen LogP contribution is -2.37. The SMILES string of the molecule is Fc1cccc(F)c1Nc1cnnc(N2CCOCC2)n1. The van der Waals surface area contributed by atoms with Crippen LogP contribution < -0.4 is 10.2 Å². The van der Waals surface area contributed by atoms with Crippen molar-refractivity contribution in [2.24, 2.45) is 0 Å². The zero-order valence-electron chi connectivity index (χ0n) is 11.1. The highest BCUT2D eigenvalue weighted by molar-refractivity contribution is 5.57.